The molecule has 0 fully saturated rings. The summed E-state index contributed by atoms with van der Waals surface area (Å²) >= 11 is 0. The number of hydrogen-bond acceptors (Lipinski definition) is 6. The summed E-state index contributed by atoms with van der Waals surface area (Å²) in [5.74, 6) is 2.85. The van der Waals surface area contributed by atoms with Gasteiger partial charge in [-0.3, -0.25) is 0 Å². The predicted octanol–water partition coefficient (Wildman–Crippen LogP) is 2.13. The van der Waals surface area contributed by atoms with Crippen LogP contribution in [0, 0.1) is 0 Å². The van der Waals surface area contributed by atoms with E-state index in [4.69, 9.17) is 14.5 Å². The van der Waals surface area contributed by atoms with Gasteiger partial charge in [0, 0.05) is 39.8 Å². The summed E-state index contributed by atoms with van der Waals surface area (Å²) in [7, 11) is 5.29. The van der Waals surface area contributed by atoms with Crippen LogP contribution in [0.2, 0.25) is 0 Å². The van der Waals surface area contributed by atoms with Crippen molar-refractivity contribution in [1.82, 2.24) is 9.97 Å². The molecule has 0 amide bonds. The molecule has 0 spiro atoms. The fraction of sp³-hybridized carbons (Fsp3) is 0.733. The maximum Gasteiger partial charge on any atom is 0.135 e. The number of aromatic nitrogens is 2. The van der Waals surface area contributed by atoms with Crippen LogP contribution < -0.4 is 10.2 Å². The second kappa shape index (κ2) is 8.79. The highest BCUT2D eigenvalue weighted by Gasteiger charge is 2.18. The first-order valence-electron chi connectivity index (χ1n) is 7.34. The van der Waals surface area contributed by atoms with Gasteiger partial charge in [0.05, 0.1) is 19.3 Å². The third kappa shape index (κ3) is 5.13. The van der Waals surface area contributed by atoms with Crippen LogP contribution in [-0.2, 0) is 9.47 Å². The highest BCUT2D eigenvalue weighted by atomic mass is 16.5. The Morgan fingerprint density at radius 2 is 1.90 bits per heavy atom. The molecular formula is C15H28N4O2. The van der Waals surface area contributed by atoms with Gasteiger partial charge in [0.1, 0.15) is 17.5 Å². The van der Waals surface area contributed by atoms with E-state index in [1.807, 2.05) is 13.1 Å². The van der Waals surface area contributed by atoms with Crippen molar-refractivity contribution in [3.05, 3.63) is 11.9 Å². The standard InChI is InChI=1S/C15H28N4O2/c1-11(2)15-17-13(16-4)9-14(18-15)19(7-8-20-5)12(3)10-21-6/h9,11-12H,7-8,10H2,1-6H3,(H,16,17,18). The minimum Gasteiger partial charge on any atom is -0.383 e. The molecule has 1 atom stereocenters. The lowest BCUT2D eigenvalue weighted by molar-refractivity contribution is 0.170. The third-order valence-corrected chi connectivity index (χ3v) is 3.27. The van der Waals surface area contributed by atoms with Crippen molar-refractivity contribution in [2.24, 2.45) is 0 Å². The number of methoxy groups -OCH3 is 2. The molecule has 0 aliphatic rings. The molecule has 21 heavy (non-hydrogen) atoms. The van der Waals surface area contributed by atoms with Gasteiger partial charge < -0.3 is 19.7 Å². The number of hydrogen-bond donors (Lipinski definition) is 1. The van der Waals surface area contributed by atoms with Crippen LogP contribution in [0.1, 0.15) is 32.5 Å². The molecule has 0 bridgehead atoms. The predicted molar refractivity (Wildman–Crippen MR) is 86.2 cm³/mol. The van der Waals surface area contributed by atoms with Crippen molar-refractivity contribution in [3.8, 4) is 0 Å². The van der Waals surface area contributed by atoms with Gasteiger partial charge in [0.2, 0.25) is 0 Å². The first-order chi connectivity index (χ1) is 10.0. The number of anilines is 2. The van der Waals surface area contributed by atoms with Gasteiger partial charge in [-0.15, -0.1) is 0 Å². The lowest BCUT2D eigenvalue weighted by atomic mass is 10.2. The van der Waals surface area contributed by atoms with Crippen LogP contribution in [0.4, 0.5) is 11.6 Å². The van der Waals surface area contributed by atoms with Gasteiger partial charge >= 0.3 is 0 Å². The van der Waals surface area contributed by atoms with E-state index in [-0.39, 0.29) is 12.0 Å². The Labute approximate surface area is 127 Å². The van der Waals surface area contributed by atoms with E-state index in [0.717, 1.165) is 24.0 Å². The highest BCUT2D eigenvalue weighted by molar-refractivity contribution is 5.50. The molecule has 6 nitrogen and oxygen atoms in total. The molecule has 1 rings (SSSR count). The Hall–Kier alpha value is -1.40. The summed E-state index contributed by atoms with van der Waals surface area (Å²) in [6, 6.07) is 2.18. The Morgan fingerprint density at radius 3 is 2.43 bits per heavy atom. The molecule has 1 aromatic heterocycles. The summed E-state index contributed by atoms with van der Waals surface area (Å²) in [4.78, 5) is 11.4. The topological polar surface area (TPSA) is 59.5 Å². The smallest absolute Gasteiger partial charge is 0.135 e. The summed E-state index contributed by atoms with van der Waals surface area (Å²) in [5, 5.41) is 3.10. The number of nitrogens with one attached hydrogen (secondary N) is 1. The number of ether oxygens (including phenoxy) is 2. The molecule has 1 unspecified atom stereocenters. The second-order valence-corrected chi connectivity index (χ2v) is 5.36. The van der Waals surface area contributed by atoms with Crippen molar-refractivity contribution < 1.29 is 9.47 Å². The van der Waals surface area contributed by atoms with Crippen LogP contribution in [0.3, 0.4) is 0 Å². The van der Waals surface area contributed by atoms with E-state index in [2.05, 4.69) is 36.0 Å². The molecule has 1 N–H and O–H groups in total. The molecule has 6 heteroatoms. The monoisotopic (exact) mass is 296 g/mol. The SMILES string of the molecule is CNc1cc(N(CCOC)C(C)COC)nc(C(C)C)n1. The van der Waals surface area contributed by atoms with Gasteiger partial charge in [-0.05, 0) is 6.92 Å². The quantitative estimate of drug-likeness (QED) is 0.753. The summed E-state index contributed by atoms with van der Waals surface area (Å²) in [5.41, 5.74) is 0. The van der Waals surface area contributed by atoms with Gasteiger partial charge in [0.25, 0.3) is 0 Å². The highest BCUT2D eigenvalue weighted by Crippen LogP contribution is 2.21. The molecule has 0 aliphatic carbocycles. The molecular weight excluding hydrogens is 268 g/mol. The van der Waals surface area contributed by atoms with E-state index >= 15 is 0 Å². The third-order valence-electron chi connectivity index (χ3n) is 3.27. The van der Waals surface area contributed by atoms with Crippen molar-refractivity contribution in [2.45, 2.75) is 32.7 Å². The van der Waals surface area contributed by atoms with Crippen LogP contribution in [0.15, 0.2) is 6.07 Å². The number of rotatable bonds is 9. The zero-order valence-corrected chi connectivity index (χ0v) is 14.0. The first-order valence-corrected chi connectivity index (χ1v) is 7.34. The zero-order valence-electron chi connectivity index (χ0n) is 14.0. The number of nitrogens with zero attached hydrogens (tertiary/aromatic N) is 3. The van der Waals surface area contributed by atoms with Crippen LogP contribution in [0.25, 0.3) is 0 Å². The summed E-state index contributed by atoms with van der Waals surface area (Å²) < 4.78 is 10.5. The molecule has 0 radical (unpaired) electrons. The molecule has 0 aromatic carbocycles. The molecule has 0 saturated heterocycles. The Morgan fingerprint density at radius 1 is 1.19 bits per heavy atom. The minimum absolute atomic E-state index is 0.213. The Balaban J connectivity index is 3.12. The van der Waals surface area contributed by atoms with E-state index in [0.29, 0.717) is 13.2 Å². The van der Waals surface area contributed by atoms with Crippen molar-refractivity contribution in [3.63, 3.8) is 0 Å². The van der Waals surface area contributed by atoms with E-state index < -0.39 is 0 Å². The minimum atomic E-state index is 0.213. The average Bonchev–Trinajstić information content (AvgIpc) is 2.47. The lowest BCUT2D eigenvalue weighted by Gasteiger charge is -2.30. The maximum atomic E-state index is 5.28. The van der Waals surface area contributed by atoms with Crippen molar-refractivity contribution >= 4 is 11.6 Å². The van der Waals surface area contributed by atoms with E-state index in [9.17, 15) is 0 Å². The van der Waals surface area contributed by atoms with Crippen LogP contribution >= 0.6 is 0 Å². The van der Waals surface area contributed by atoms with E-state index in [1.165, 1.54) is 0 Å². The Kier molecular flexibility index (Phi) is 7.39. The fourth-order valence-electron chi connectivity index (χ4n) is 2.07. The zero-order chi connectivity index (χ0) is 15.8. The van der Waals surface area contributed by atoms with Gasteiger partial charge in [-0.2, -0.15) is 0 Å². The summed E-state index contributed by atoms with van der Waals surface area (Å²) in [6.07, 6.45) is 0. The van der Waals surface area contributed by atoms with Gasteiger partial charge in [-0.25, -0.2) is 9.97 Å². The van der Waals surface area contributed by atoms with Gasteiger partial charge in [0.15, 0.2) is 0 Å². The summed E-state index contributed by atoms with van der Waals surface area (Å²) in [6.45, 7) is 8.35. The molecule has 0 saturated carbocycles. The maximum absolute atomic E-state index is 5.28. The van der Waals surface area contributed by atoms with Crippen molar-refractivity contribution in [2.75, 3.05) is 51.2 Å². The molecule has 1 aromatic rings. The lowest BCUT2D eigenvalue weighted by Crippen LogP contribution is -2.39. The van der Waals surface area contributed by atoms with Crippen LogP contribution in [0.5, 0.6) is 0 Å². The molecule has 1 heterocycles. The van der Waals surface area contributed by atoms with E-state index in [1.54, 1.807) is 14.2 Å². The second-order valence-electron chi connectivity index (χ2n) is 5.36. The Bertz CT molecular complexity index is 426. The molecule has 120 valence electrons. The van der Waals surface area contributed by atoms with Gasteiger partial charge in [-0.1, -0.05) is 13.8 Å². The van der Waals surface area contributed by atoms with Crippen LogP contribution in [-0.4, -0.2) is 57.0 Å². The normalized spacial score (nSPS) is 12.5. The average molecular weight is 296 g/mol. The fourth-order valence-corrected chi connectivity index (χ4v) is 2.07. The largest absolute Gasteiger partial charge is 0.383 e. The molecule has 0 aliphatic heterocycles. The van der Waals surface area contributed by atoms with Crippen molar-refractivity contribution in [1.29, 1.82) is 0 Å². The first kappa shape index (κ1) is 17.7.